The molecule has 0 radical (unpaired) electrons. The van der Waals surface area contributed by atoms with E-state index in [1.165, 1.54) is 15.6 Å². The van der Waals surface area contributed by atoms with E-state index in [1.807, 2.05) is 4.90 Å². The topological polar surface area (TPSA) is 99.7 Å². The van der Waals surface area contributed by atoms with Crippen molar-refractivity contribution >= 4 is 48.5 Å². The average molecular weight is 463 g/mol. The van der Waals surface area contributed by atoms with Crippen LogP contribution >= 0.6 is 11.3 Å². The highest BCUT2D eigenvalue weighted by Gasteiger charge is 2.38. The van der Waals surface area contributed by atoms with Gasteiger partial charge in [-0.05, 0) is 43.9 Å². The summed E-state index contributed by atoms with van der Waals surface area (Å²) < 4.78 is 27.9. The number of carbonyl (C=O) groups is 2. The maximum absolute atomic E-state index is 12.8. The van der Waals surface area contributed by atoms with Gasteiger partial charge in [0.25, 0.3) is 0 Å². The van der Waals surface area contributed by atoms with Crippen molar-refractivity contribution in [3.8, 4) is 0 Å². The fourth-order valence-corrected chi connectivity index (χ4v) is 7.41. The van der Waals surface area contributed by atoms with E-state index in [1.54, 1.807) is 18.2 Å². The van der Waals surface area contributed by atoms with Gasteiger partial charge in [0.15, 0.2) is 5.13 Å². The lowest BCUT2D eigenvalue weighted by Gasteiger charge is -2.23. The minimum Gasteiger partial charge on any atom is -0.339 e. The zero-order valence-corrected chi connectivity index (χ0v) is 18.9. The maximum Gasteiger partial charge on any atom is 0.243 e. The summed E-state index contributed by atoms with van der Waals surface area (Å²) in [6.45, 7) is 1.59. The summed E-state index contributed by atoms with van der Waals surface area (Å²) >= 11 is 1.26. The van der Waals surface area contributed by atoms with Crippen LogP contribution in [0.3, 0.4) is 0 Å². The van der Waals surface area contributed by atoms with Crippen LogP contribution in [0.25, 0.3) is 10.2 Å². The normalized spacial score (nSPS) is 23.3. The Labute approximate surface area is 185 Å². The zero-order chi connectivity index (χ0) is 21.6. The molecular formula is C21H26N4O4S2. The summed E-state index contributed by atoms with van der Waals surface area (Å²) in [7, 11) is -3.50. The molecule has 2 aliphatic heterocycles. The predicted octanol–water partition coefficient (Wildman–Crippen LogP) is 2.81. The molecule has 2 saturated heterocycles. The number of nitrogens with zero attached hydrogens (tertiary/aromatic N) is 3. The molecule has 0 bridgehead atoms. The van der Waals surface area contributed by atoms with Crippen molar-refractivity contribution < 1.29 is 18.0 Å². The number of carbonyl (C=O) groups excluding carboxylic acids is 2. The van der Waals surface area contributed by atoms with Crippen molar-refractivity contribution in [2.24, 2.45) is 5.92 Å². The molecule has 1 atom stereocenters. The monoisotopic (exact) mass is 462 g/mol. The Balaban J connectivity index is 1.29. The number of benzene rings is 1. The zero-order valence-electron chi connectivity index (χ0n) is 17.2. The van der Waals surface area contributed by atoms with Crippen LogP contribution in [0.15, 0.2) is 23.1 Å². The highest BCUT2D eigenvalue weighted by Crippen LogP contribution is 2.32. The van der Waals surface area contributed by atoms with Crippen molar-refractivity contribution in [2.45, 2.75) is 55.9 Å². The first-order valence-electron chi connectivity index (χ1n) is 10.9. The van der Waals surface area contributed by atoms with Crippen LogP contribution in [0.1, 0.15) is 44.9 Å². The summed E-state index contributed by atoms with van der Waals surface area (Å²) in [5.41, 5.74) is 0.649. The van der Waals surface area contributed by atoms with Crippen LogP contribution in [0.2, 0.25) is 0 Å². The Bertz CT molecular complexity index is 1120. The van der Waals surface area contributed by atoms with E-state index in [0.717, 1.165) is 38.5 Å². The lowest BCUT2D eigenvalue weighted by Crippen LogP contribution is -2.35. The largest absolute Gasteiger partial charge is 0.339 e. The lowest BCUT2D eigenvalue weighted by atomic mass is 10.1. The summed E-state index contributed by atoms with van der Waals surface area (Å²) in [4.78, 5) is 31.7. The van der Waals surface area contributed by atoms with Crippen molar-refractivity contribution in [2.75, 3.05) is 25.0 Å². The van der Waals surface area contributed by atoms with Crippen molar-refractivity contribution in [1.82, 2.24) is 14.2 Å². The highest BCUT2D eigenvalue weighted by atomic mass is 32.2. The quantitative estimate of drug-likeness (QED) is 0.737. The second-order valence-electron chi connectivity index (χ2n) is 8.63. The van der Waals surface area contributed by atoms with Crippen LogP contribution in [0.4, 0.5) is 5.13 Å². The number of fused-ring (bicyclic) bond motifs is 1. The van der Waals surface area contributed by atoms with Crippen LogP contribution in [-0.4, -0.2) is 60.1 Å². The lowest BCUT2D eigenvalue weighted by molar-refractivity contribution is -0.129. The predicted molar refractivity (Wildman–Crippen MR) is 118 cm³/mol. The first-order chi connectivity index (χ1) is 14.9. The van der Waals surface area contributed by atoms with Crippen molar-refractivity contribution in [3.05, 3.63) is 18.2 Å². The molecule has 31 heavy (non-hydrogen) atoms. The molecule has 5 rings (SSSR count). The smallest absolute Gasteiger partial charge is 0.243 e. The van der Waals surface area contributed by atoms with E-state index in [-0.39, 0.29) is 35.1 Å². The Hall–Kier alpha value is -2.04. The van der Waals surface area contributed by atoms with E-state index < -0.39 is 10.0 Å². The SMILES string of the molecule is O=C(Nc1nc2ccc(S(=O)(=O)N3CCCC3)cc2s1)C1CC(=O)N(C2CCCC2)C1. The number of hydrogen-bond donors (Lipinski definition) is 1. The number of thiazole rings is 1. The fourth-order valence-electron chi connectivity index (χ4n) is 4.88. The molecule has 8 nitrogen and oxygen atoms in total. The Morgan fingerprint density at radius 2 is 1.87 bits per heavy atom. The summed E-state index contributed by atoms with van der Waals surface area (Å²) in [5.74, 6) is -0.503. The van der Waals surface area contributed by atoms with E-state index >= 15 is 0 Å². The third-order valence-corrected chi connectivity index (χ3v) is 9.42. The van der Waals surface area contributed by atoms with Crippen LogP contribution in [0, 0.1) is 5.92 Å². The molecular weight excluding hydrogens is 436 g/mol. The first-order valence-corrected chi connectivity index (χ1v) is 13.2. The van der Waals surface area contributed by atoms with Gasteiger partial charge >= 0.3 is 0 Å². The molecule has 1 aliphatic carbocycles. The third-order valence-electron chi connectivity index (χ3n) is 6.59. The summed E-state index contributed by atoms with van der Waals surface area (Å²) in [6.07, 6.45) is 6.37. The van der Waals surface area contributed by atoms with Gasteiger partial charge in [-0.25, -0.2) is 13.4 Å². The van der Waals surface area contributed by atoms with Gasteiger partial charge in [0, 0.05) is 32.1 Å². The minimum absolute atomic E-state index is 0.0631. The van der Waals surface area contributed by atoms with Crippen molar-refractivity contribution in [3.63, 3.8) is 0 Å². The number of anilines is 1. The molecule has 1 N–H and O–H groups in total. The molecule has 166 valence electrons. The van der Waals surface area contributed by atoms with Gasteiger partial charge in [0.1, 0.15) is 0 Å². The van der Waals surface area contributed by atoms with Gasteiger partial charge in [0.2, 0.25) is 21.8 Å². The number of aromatic nitrogens is 1. The molecule has 10 heteroatoms. The number of rotatable bonds is 5. The van der Waals surface area contributed by atoms with Crippen LogP contribution in [-0.2, 0) is 19.6 Å². The molecule has 2 aromatic rings. The molecule has 1 unspecified atom stereocenters. The van der Waals surface area contributed by atoms with Gasteiger partial charge in [-0.3, -0.25) is 9.59 Å². The van der Waals surface area contributed by atoms with Gasteiger partial charge in [0.05, 0.1) is 21.0 Å². The molecule has 3 aliphatic rings. The van der Waals surface area contributed by atoms with Gasteiger partial charge < -0.3 is 10.2 Å². The van der Waals surface area contributed by atoms with E-state index in [9.17, 15) is 18.0 Å². The van der Waals surface area contributed by atoms with E-state index in [0.29, 0.717) is 35.0 Å². The maximum atomic E-state index is 12.8. The molecule has 1 aromatic carbocycles. The molecule has 3 heterocycles. The highest BCUT2D eigenvalue weighted by molar-refractivity contribution is 7.89. The summed E-state index contributed by atoms with van der Waals surface area (Å²) in [6, 6.07) is 5.18. The van der Waals surface area contributed by atoms with Gasteiger partial charge in [-0.2, -0.15) is 4.31 Å². The van der Waals surface area contributed by atoms with Crippen LogP contribution < -0.4 is 5.32 Å². The van der Waals surface area contributed by atoms with E-state index in [4.69, 9.17) is 0 Å². The second-order valence-corrected chi connectivity index (χ2v) is 11.6. The molecule has 1 aromatic heterocycles. The number of nitrogens with one attached hydrogen (secondary N) is 1. The molecule has 3 fully saturated rings. The number of hydrogen-bond acceptors (Lipinski definition) is 6. The van der Waals surface area contributed by atoms with Crippen LogP contribution in [0.5, 0.6) is 0 Å². The van der Waals surface area contributed by atoms with Gasteiger partial charge in [-0.15, -0.1) is 0 Å². The van der Waals surface area contributed by atoms with Crippen molar-refractivity contribution in [1.29, 1.82) is 0 Å². The average Bonchev–Trinajstić information content (AvgIpc) is 3.52. The van der Waals surface area contributed by atoms with E-state index in [2.05, 4.69) is 10.3 Å². The fraction of sp³-hybridized carbons (Fsp3) is 0.571. The Kier molecular flexibility index (Phi) is 5.47. The summed E-state index contributed by atoms with van der Waals surface area (Å²) in [5, 5.41) is 3.28. The third kappa shape index (κ3) is 3.96. The van der Waals surface area contributed by atoms with Gasteiger partial charge in [-0.1, -0.05) is 24.2 Å². The number of amides is 2. The number of likely N-dealkylation sites (tertiary alicyclic amines) is 1. The Morgan fingerprint density at radius 1 is 1.13 bits per heavy atom. The second kappa shape index (κ2) is 8.14. The first kappa shape index (κ1) is 20.8. The molecule has 1 saturated carbocycles. The molecule has 2 amide bonds. The minimum atomic E-state index is -3.50. The number of sulfonamides is 1. The standard InChI is InChI=1S/C21H26N4O4S2/c26-19-11-14(13-25(19)15-5-1-2-6-15)20(27)23-21-22-17-8-7-16(12-18(17)30-21)31(28,29)24-9-3-4-10-24/h7-8,12,14-15H,1-6,9-11,13H2,(H,22,23,27). The Morgan fingerprint density at radius 3 is 2.61 bits per heavy atom. The molecule has 0 spiro atoms.